The van der Waals surface area contributed by atoms with Crippen LogP contribution in [0, 0.1) is 0 Å². The molecule has 0 saturated carbocycles. The first-order chi connectivity index (χ1) is 13.4. The van der Waals surface area contributed by atoms with Crippen molar-refractivity contribution in [2.45, 2.75) is 18.3 Å². The lowest BCUT2D eigenvalue weighted by Crippen LogP contribution is -2.36. The SMILES string of the molecule is COC(=O)C(S)C(=O)C(C)Oc1ccc(Oc2nc3ccc(Cl)cc3s2)cc1. The Morgan fingerprint density at radius 1 is 1.14 bits per heavy atom. The van der Waals surface area contributed by atoms with Gasteiger partial charge in [-0.15, -0.1) is 0 Å². The van der Waals surface area contributed by atoms with Gasteiger partial charge in [0.2, 0.25) is 0 Å². The van der Waals surface area contributed by atoms with E-state index in [2.05, 4.69) is 22.3 Å². The van der Waals surface area contributed by atoms with Crippen molar-refractivity contribution in [2.24, 2.45) is 0 Å². The minimum atomic E-state index is -1.19. The summed E-state index contributed by atoms with van der Waals surface area (Å²) in [5.74, 6) is -0.180. The third-order valence-electron chi connectivity index (χ3n) is 3.77. The summed E-state index contributed by atoms with van der Waals surface area (Å²) in [4.78, 5) is 27.9. The fourth-order valence-electron chi connectivity index (χ4n) is 2.32. The zero-order valence-corrected chi connectivity index (χ0v) is 17.4. The molecule has 0 fully saturated rings. The first-order valence-corrected chi connectivity index (χ1v) is 9.88. The topological polar surface area (TPSA) is 74.7 Å². The number of aromatic nitrogens is 1. The summed E-state index contributed by atoms with van der Waals surface area (Å²) < 4.78 is 16.8. The molecule has 0 aliphatic rings. The summed E-state index contributed by atoms with van der Waals surface area (Å²) in [6.45, 7) is 1.55. The Morgan fingerprint density at radius 2 is 1.82 bits per heavy atom. The Bertz CT molecular complexity index is 1010. The number of benzene rings is 2. The van der Waals surface area contributed by atoms with E-state index < -0.39 is 23.1 Å². The van der Waals surface area contributed by atoms with E-state index in [9.17, 15) is 9.59 Å². The average Bonchev–Trinajstić information content (AvgIpc) is 3.08. The van der Waals surface area contributed by atoms with E-state index in [1.165, 1.54) is 18.4 Å². The maximum atomic E-state index is 12.1. The van der Waals surface area contributed by atoms with Crippen LogP contribution in [-0.4, -0.2) is 35.2 Å². The number of thiazole rings is 1. The molecule has 0 aliphatic heterocycles. The highest BCUT2D eigenvalue weighted by Gasteiger charge is 2.29. The van der Waals surface area contributed by atoms with Crippen LogP contribution in [0.15, 0.2) is 42.5 Å². The molecule has 0 spiro atoms. The molecule has 2 unspecified atom stereocenters. The zero-order chi connectivity index (χ0) is 20.3. The second-order valence-electron chi connectivity index (χ2n) is 5.75. The molecule has 0 bridgehead atoms. The van der Waals surface area contributed by atoms with Gasteiger partial charge in [0.15, 0.2) is 17.1 Å². The number of rotatable bonds is 7. The number of halogens is 1. The number of carbonyl (C=O) groups excluding carboxylic acids is 2. The van der Waals surface area contributed by atoms with E-state index >= 15 is 0 Å². The number of ether oxygens (including phenoxy) is 3. The van der Waals surface area contributed by atoms with Crippen LogP contribution in [0.5, 0.6) is 16.7 Å². The van der Waals surface area contributed by atoms with Gasteiger partial charge >= 0.3 is 5.97 Å². The Balaban J connectivity index is 1.64. The molecular weight excluding hydrogens is 422 g/mol. The van der Waals surface area contributed by atoms with Crippen LogP contribution in [0.4, 0.5) is 0 Å². The van der Waals surface area contributed by atoms with E-state index in [4.69, 9.17) is 21.1 Å². The van der Waals surface area contributed by atoms with E-state index in [0.717, 1.165) is 10.2 Å². The molecule has 0 aliphatic carbocycles. The van der Waals surface area contributed by atoms with E-state index in [1.54, 1.807) is 37.3 Å². The summed E-state index contributed by atoms with van der Waals surface area (Å²) in [5.41, 5.74) is 0.809. The highest BCUT2D eigenvalue weighted by Crippen LogP contribution is 2.33. The minimum absolute atomic E-state index is 0.453. The van der Waals surface area contributed by atoms with Crippen molar-refractivity contribution < 1.29 is 23.8 Å². The lowest BCUT2D eigenvalue weighted by molar-refractivity contribution is -0.143. The first-order valence-electron chi connectivity index (χ1n) is 8.17. The van der Waals surface area contributed by atoms with Crippen LogP contribution in [-0.2, 0) is 14.3 Å². The maximum absolute atomic E-state index is 12.1. The minimum Gasteiger partial charge on any atom is -0.483 e. The van der Waals surface area contributed by atoms with Crippen LogP contribution in [0.25, 0.3) is 10.2 Å². The fourth-order valence-corrected chi connectivity index (χ4v) is 3.75. The highest BCUT2D eigenvalue weighted by atomic mass is 35.5. The molecule has 6 nitrogen and oxygen atoms in total. The quantitative estimate of drug-likeness (QED) is 0.332. The second-order valence-corrected chi connectivity index (χ2v) is 7.70. The third kappa shape index (κ3) is 4.76. The molecule has 1 aromatic heterocycles. The van der Waals surface area contributed by atoms with Gasteiger partial charge in [0, 0.05) is 5.02 Å². The van der Waals surface area contributed by atoms with Gasteiger partial charge in [0.05, 0.1) is 17.3 Å². The number of nitrogens with zero attached hydrogens (tertiary/aromatic N) is 1. The molecule has 0 radical (unpaired) electrons. The summed E-state index contributed by atoms with van der Waals surface area (Å²) in [6.07, 6.45) is -0.859. The number of fused-ring (bicyclic) bond motifs is 1. The van der Waals surface area contributed by atoms with Crippen molar-refractivity contribution in [3.63, 3.8) is 0 Å². The molecule has 2 aromatic carbocycles. The van der Waals surface area contributed by atoms with Crippen LogP contribution in [0.3, 0.4) is 0 Å². The Hall–Kier alpha value is -2.29. The molecule has 0 amide bonds. The van der Waals surface area contributed by atoms with E-state index in [-0.39, 0.29) is 0 Å². The molecule has 0 saturated heterocycles. The van der Waals surface area contributed by atoms with Gasteiger partial charge in [-0.2, -0.15) is 12.6 Å². The van der Waals surface area contributed by atoms with Crippen molar-refractivity contribution in [1.29, 1.82) is 0 Å². The van der Waals surface area contributed by atoms with E-state index in [0.29, 0.717) is 21.7 Å². The van der Waals surface area contributed by atoms with Gasteiger partial charge in [-0.25, -0.2) is 4.98 Å². The molecule has 1 heterocycles. The number of thiol groups is 1. The predicted molar refractivity (Wildman–Crippen MR) is 111 cm³/mol. The molecule has 9 heteroatoms. The molecule has 2 atom stereocenters. The van der Waals surface area contributed by atoms with Crippen LogP contribution >= 0.6 is 35.6 Å². The lowest BCUT2D eigenvalue weighted by Gasteiger charge is -2.16. The van der Waals surface area contributed by atoms with Gasteiger partial charge < -0.3 is 14.2 Å². The standard InChI is InChI=1S/C19H16ClNO5S2/c1-10(16(22)17(27)18(23)24-2)25-12-4-6-13(7-5-12)26-19-21-14-8-3-11(20)9-15(14)28-19/h3-10,17,27H,1-2H3. The molecular formula is C19H16ClNO5S2. The van der Waals surface area contributed by atoms with Gasteiger partial charge in [0.1, 0.15) is 11.5 Å². The molecule has 3 rings (SSSR count). The summed E-state index contributed by atoms with van der Waals surface area (Å²) in [7, 11) is 1.20. The normalized spacial score (nSPS) is 13.0. The van der Waals surface area contributed by atoms with Crippen molar-refractivity contribution in [3.8, 4) is 16.7 Å². The molecule has 3 aromatic rings. The number of esters is 1. The molecule has 146 valence electrons. The van der Waals surface area contributed by atoms with Crippen LogP contribution in [0.2, 0.25) is 5.02 Å². The summed E-state index contributed by atoms with van der Waals surface area (Å²) in [5, 5.41) is -0.0517. The van der Waals surface area contributed by atoms with Gasteiger partial charge in [-0.3, -0.25) is 9.59 Å². The smallest absolute Gasteiger partial charge is 0.326 e. The van der Waals surface area contributed by atoms with Crippen molar-refractivity contribution >= 4 is 57.5 Å². The number of ketones is 1. The fraction of sp³-hybridized carbons (Fsp3) is 0.211. The number of hydrogen-bond acceptors (Lipinski definition) is 8. The number of Topliss-reactive ketones (excluding diaryl/α,β-unsaturated/α-hetero) is 1. The maximum Gasteiger partial charge on any atom is 0.326 e. The second kappa shape index (κ2) is 8.81. The predicted octanol–water partition coefficient (Wildman–Crippen LogP) is 4.55. The van der Waals surface area contributed by atoms with Crippen molar-refractivity contribution in [2.75, 3.05) is 7.11 Å². The Morgan fingerprint density at radius 3 is 2.50 bits per heavy atom. The Labute approximate surface area is 175 Å². The van der Waals surface area contributed by atoms with Crippen LogP contribution in [0.1, 0.15) is 6.92 Å². The number of carbonyl (C=O) groups is 2. The van der Waals surface area contributed by atoms with E-state index in [1.807, 2.05) is 12.1 Å². The first kappa shape index (κ1) is 20.4. The number of hydrogen-bond donors (Lipinski definition) is 1. The average molecular weight is 438 g/mol. The summed E-state index contributed by atoms with van der Waals surface area (Å²) in [6, 6.07) is 12.2. The largest absolute Gasteiger partial charge is 0.483 e. The third-order valence-corrected chi connectivity index (χ3v) is 5.36. The van der Waals surface area contributed by atoms with Crippen LogP contribution < -0.4 is 9.47 Å². The lowest BCUT2D eigenvalue weighted by atomic mass is 10.2. The Kier molecular flexibility index (Phi) is 6.43. The van der Waals surface area contributed by atoms with Gasteiger partial charge in [-0.05, 0) is 49.4 Å². The molecule has 28 heavy (non-hydrogen) atoms. The van der Waals surface area contributed by atoms with Gasteiger partial charge in [0.25, 0.3) is 5.19 Å². The molecule has 0 N–H and O–H groups in total. The van der Waals surface area contributed by atoms with Gasteiger partial charge in [-0.1, -0.05) is 22.9 Å². The number of methoxy groups -OCH3 is 1. The summed E-state index contributed by atoms with van der Waals surface area (Å²) >= 11 is 11.3. The van der Waals surface area contributed by atoms with Crippen molar-refractivity contribution in [1.82, 2.24) is 4.98 Å². The van der Waals surface area contributed by atoms with Crippen molar-refractivity contribution in [3.05, 3.63) is 47.5 Å². The zero-order valence-electron chi connectivity index (χ0n) is 14.9. The highest BCUT2D eigenvalue weighted by molar-refractivity contribution is 7.82. The monoisotopic (exact) mass is 437 g/mol.